The van der Waals surface area contributed by atoms with Gasteiger partial charge in [0.15, 0.2) is 0 Å². The number of halogens is 1. The zero-order valence-electron chi connectivity index (χ0n) is 10.5. The van der Waals surface area contributed by atoms with Crippen LogP contribution in [0.15, 0.2) is 36.8 Å². The first-order chi connectivity index (χ1) is 9.72. The molecule has 1 aromatic carbocycles. The largest absolute Gasteiger partial charge is 0.351 e. The van der Waals surface area contributed by atoms with Crippen molar-refractivity contribution in [2.24, 2.45) is 0 Å². The number of carbonyl (C=O) groups excluding carboxylic acids is 1. The van der Waals surface area contributed by atoms with E-state index in [2.05, 4.69) is 15.3 Å². The van der Waals surface area contributed by atoms with Gasteiger partial charge in [0.1, 0.15) is 5.82 Å². The normalized spacial score (nSPS) is 10.8. The van der Waals surface area contributed by atoms with Crippen molar-refractivity contribution in [3.63, 3.8) is 0 Å². The molecule has 0 saturated carbocycles. The maximum Gasteiger partial charge on any atom is 0.261 e. The maximum absolute atomic E-state index is 13.1. The molecule has 1 amide bonds. The summed E-state index contributed by atoms with van der Waals surface area (Å²) < 4.78 is 13.9. The van der Waals surface area contributed by atoms with Crippen LogP contribution in [0.25, 0.3) is 10.1 Å². The van der Waals surface area contributed by atoms with Crippen LogP contribution in [0.4, 0.5) is 4.39 Å². The lowest BCUT2D eigenvalue weighted by molar-refractivity contribution is 0.0958. The van der Waals surface area contributed by atoms with Gasteiger partial charge in [-0.2, -0.15) is 0 Å². The molecule has 3 aromatic rings. The molecule has 0 atom stereocenters. The number of benzene rings is 1. The maximum atomic E-state index is 13.1. The lowest BCUT2D eigenvalue weighted by Crippen LogP contribution is -2.24. The van der Waals surface area contributed by atoms with Crippen molar-refractivity contribution in [2.45, 2.75) is 6.42 Å². The summed E-state index contributed by atoms with van der Waals surface area (Å²) in [7, 11) is 0. The first kappa shape index (κ1) is 12.8. The number of thiophene rings is 1. The predicted molar refractivity (Wildman–Crippen MR) is 76.4 cm³/mol. The minimum absolute atomic E-state index is 0.133. The van der Waals surface area contributed by atoms with Crippen LogP contribution < -0.4 is 5.32 Å². The Labute approximate surface area is 118 Å². The highest BCUT2D eigenvalue weighted by Gasteiger charge is 2.10. The summed E-state index contributed by atoms with van der Waals surface area (Å²) in [6, 6.07) is 6.31. The Morgan fingerprint density at radius 3 is 3.10 bits per heavy atom. The molecular weight excluding hydrogens is 277 g/mol. The summed E-state index contributed by atoms with van der Waals surface area (Å²) in [5.74, 6) is -0.420. The zero-order chi connectivity index (χ0) is 13.9. The first-order valence-electron chi connectivity index (χ1n) is 6.17. The van der Waals surface area contributed by atoms with Gasteiger partial charge in [-0.3, -0.25) is 4.79 Å². The molecule has 0 spiro atoms. The minimum Gasteiger partial charge on any atom is -0.351 e. The predicted octanol–water partition coefficient (Wildman–Crippen LogP) is 2.74. The van der Waals surface area contributed by atoms with Crippen LogP contribution in [-0.4, -0.2) is 22.4 Å². The highest BCUT2D eigenvalue weighted by molar-refractivity contribution is 7.20. The van der Waals surface area contributed by atoms with Crippen molar-refractivity contribution in [2.75, 3.05) is 6.54 Å². The molecule has 0 bridgehead atoms. The lowest BCUT2D eigenvalue weighted by Gasteiger charge is -2.01. The molecule has 20 heavy (non-hydrogen) atoms. The van der Waals surface area contributed by atoms with Gasteiger partial charge in [-0.15, -0.1) is 11.3 Å². The molecule has 3 rings (SSSR count). The fourth-order valence-electron chi connectivity index (χ4n) is 1.94. The average molecular weight is 289 g/mol. The van der Waals surface area contributed by atoms with Crippen molar-refractivity contribution < 1.29 is 9.18 Å². The number of nitrogens with one attached hydrogen (secondary N) is 2. The van der Waals surface area contributed by atoms with Crippen LogP contribution >= 0.6 is 11.3 Å². The van der Waals surface area contributed by atoms with Gasteiger partial charge in [-0.1, -0.05) is 6.07 Å². The fourth-order valence-corrected chi connectivity index (χ4v) is 2.94. The number of amides is 1. The number of hydrogen-bond acceptors (Lipinski definition) is 3. The van der Waals surface area contributed by atoms with E-state index in [1.165, 1.54) is 23.5 Å². The molecule has 2 N–H and O–H groups in total. The van der Waals surface area contributed by atoms with E-state index in [1.54, 1.807) is 24.7 Å². The van der Waals surface area contributed by atoms with Gasteiger partial charge >= 0.3 is 0 Å². The second-order valence-corrected chi connectivity index (χ2v) is 5.46. The molecule has 0 aliphatic carbocycles. The number of aromatic amines is 1. The zero-order valence-corrected chi connectivity index (χ0v) is 11.3. The third-order valence-corrected chi connectivity index (χ3v) is 4.04. The fraction of sp³-hybridized carbons (Fsp3) is 0.143. The highest BCUT2D eigenvalue weighted by Crippen LogP contribution is 2.26. The van der Waals surface area contributed by atoms with E-state index in [1.807, 2.05) is 0 Å². The molecule has 0 unspecified atom stereocenters. The Hall–Kier alpha value is -2.21. The molecule has 0 saturated heterocycles. The summed E-state index contributed by atoms with van der Waals surface area (Å²) in [6.07, 6.45) is 4.04. The number of fused-ring (bicyclic) bond motifs is 1. The van der Waals surface area contributed by atoms with Crippen LogP contribution in [0.5, 0.6) is 0 Å². The first-order valence-corrected chi connectivity index (χ1v) is 6.98. The number of aromatic nitrogens is 2. The molecule has 102 valence electrons. The number of rotatable bonds is 4. The van der Waals surface area contributed by atoms with Crippen molar-refractivity contribution in [3.05, 3.63) is 53.2 Å². The number of imidazole rings is 1. The summed E-state index contributed by atoms with van der Waals surface area (Å²) >= 11 is 1.30. The molecule has 0 aliphatic heterocycles. The van der Waals surface area contributed by atoms with Crippen LogP contribution in [0.3, 0.4) is 0 Å². The van der Waals surface area contributed by atoms with Gasteiger partial charge < -0.3 is 10.3 Å². The molecule has 0 radical (unpaired) electrons. The SMILES string of the molecule is O=C(NCCc1cnc[nH]1)c1cc2ccc(F)cc2s1. The van der Waals surface area contributed by atoms with E-state index in [4.69, 9.17) is 0 Å². The summed E-state index contributed by atoms with van der Waals surface area (Å²) in [4.78, 5) is 19.5. The molecule has 4 nitrogen and oxygen atoms in total. The molecule has 2 aromatic heterocycles. The standard InChI is InChI=1S/C14H12FN3OS/c15-10-2-1-9-5-13(20-12(9)6-10)14(19)17-4-3-11-7-16-8-18-11/h1-2,5-8H,3-4H2,(H,16,18)(H,17,19). The Balaban J connectivity index is 1.66. The van der Waals surface area contributed by atoms with Gasteiger partial charge in [0.2, 0.25) is 0 Å². The number of H-pyrrole nitrogens is 1. The van der Waals surface area contributed by atoms with Gasteiger partial charge in [0.05, 0.1) is 11.2 Å². The third kappa shape index (κ3) is 2.70. The van der Waals surface area contributed by atoms with Gasteiger partial charge in [0.25, 0.3) is 5.91 Å². The van der Waals surface area contributed by atoms with E-state index < -0.39 is 0 Å². The number of nitrogens with zero attached hydrogens (tertiary/aromatic N) is 1. The van der Waals surface area contributed by atoms with E-state index in [9.17, 15) is 9.18 Å². The van der Waals surface area contributed by atoms with E-state index in [0.717, 1.165) is 15.8 Å². The van der Waals surface area contributed by atoms with Crippen LogP contribution in [-0.2, 0) is 6.42 Å². The molecular formula is C14H12FN3OS. The van der Waals surface area contributed by atoms with Crippen molar-refractivity contribution in [1.82, 2.24) is 15.3 Å². The molecule has 2 heterocycles. The van der Waals surface area contributed by atoms with Crippen LogP contribution in [0, 0.1) is 5.82 Å². The van der Waals surface area contributed by atoms with Crippen molar-refractivity contribution in [3.8, 4) is 0 Å². The van der Waals surface area contributed by atoms with E-state index >= 15 is 0 Å². The second-order valence-electron chi connectivity index (χ2n) is 4.38. The van der Waals surface area contributed by atoms with Gasteiger partial charge in [-0.05, 0) is 23.6 Å². The van der Waals surface area contributed by atoms with E-state index in [0.29, 0.717) is 17.8 Å². The minimum atomic E-state index is -0.287. The van der Waals surface area contributed by atoms with Crippen molar-refractivity contribution >= 4 is 27.3 Å². The third-order valence-electron chi connectivity index (χ3n) is 2.94. The number of carbonyl (C=O) groups is 1. The average Bonchev–Trinajstić information content (AvgIpc) is 3.06. The lowest BCUT2D eigenvalue weighted by atomic mass is 10.2. The Kier molecular flexibility index (Phi) is 3.47. The van der Waals surface area contributed by atoms with Gasteiger partial charge in [0, 0.05) is 29.6 Å². The van der Waals surface area contributed by atoms with Crippen LogP contribution in [0.2, 0.25) is 0 Å². The Morgan fingerprint density at radius 2 is 2.30 bits per heavy atom. The Morgan fingerprint density at radius 1 is 1.40 bits per heavy atom. The smallest absolute Gasteiger partial charge is 0.261 e. The summed E-state index contributed by atoms with van der Waals surface area (Å²) in [5.41, 5.74) is 0.976. The molecule has 6 heteroatoms. The topological polar surface area (TPSA) is 57.8 Å². The summed E-state index contributed by atoms with van der Waals surface area (Å²) in [6.45, 7) is 0.531. The second kappa shape index (κ2) is 5.42. The van der Waals surface area contributed by atoms with Crippen LogP contribution in [0.1, 0.15) is 15.4 Å². The Bertz CT molecular complexity index is 736. The highest BCUT2D eigenvalue weighted by atomic mass is 32.1. The van der Waals surface area contributed by atoms with Crippen molar-refractivity contribution in [1.29, 1.82) is 0 Å². The summed E-state index contributed by atoms with van der Waals surface area (Å²) in [5, 5.41) is 3.73. The monoisotopic (exact) mass is 289 g/mol. The molecule has 0 fully saturated rings. The molecule has 0 aliphatic rings. The number of hydrogen-bond donors (Lipinski definition) is 2. The quantitative estimate of drug-likeness (QED) is 0.776. The van der Waals surface area contributed by atoms with Gasteiger partial charge in [-0.25, -0.2) is 9.37 Å². The van der Waals surface area contributed by atoms with E-state index in [-0.39, 0.29) is 11.7 Å².